The molecule has 0 fully saturated rings. The van der Waals surface area contributed by atoms with E-state index in [0.717, 1.165) is 0 Å². The number of benzene rings is 2. The number of nitrogens with two attached hydrogens (primary N) is 1. The van der Waals surface area contributed by atoms with Crippen molar-refractivity contribution in [3.63, 3.8) is 0 Å². The van der Waals surface area contributed by atoms with E-state index in [1.807, 2.05) is 0 Å². The van der Waals surface area contributed by atoms with Crippen LogP contribution in [0, 0.1) is 0 Å². The SMILES string of the molecule is Nc1cccc(Cl)c1NC(=O)c1cc(O)ccc1Cl. The van der Waals surface area contributed by atoms with E-state index in [9.17, 15) is 9.90 Å². The first-order valence-corrected chi connectivity index (χ1v) is 6.08. The highest BCUT2D eigenvalue weighted by atomic mass is 35.5. The summed E-state index contributed by atoms with van der Waals surface area (Å²) in [4.78, 5) is 12.1. The van der Waals surface area contributed by atoms with Gasteiger partial charge in [-0.05, 0) is 30.3 Å². The molecule has 0 unspecified atom stereocenters. The van der Waals surface area contributed by atoms with Crippen LogP contribution in [0.25, 0.3) is 0 Å². The molecule has 0 aromatic heterocycles. The number of rotatable bonds is 2. The summed E-state index contributed by atoms with van der Waals surface area (Å²) in [5.41, 5.74) is 6.53. The quantitative estimate of drug-likeness (QED) is 0.742. The molecule has 0 heterocycles. The largest absolute Gasteiger partial charge is 0.508 e. The summed E-state index contributed by atoms with van der Waals surface area (Å²) in [5, 5.41) is 12.5. The minimum atomic E-state index is -0.499. The van der Waals surface area contributed by atoms with Gasteiger partial charge < -0.3 is 16.2 Å². The van der Waals surface area contributed by atoms with Crippen molar-refractivity contribution < 1.29 is 9.90 Å². The van der Waals surface area contributed by atoms with Gasteiger partial charge in [-0.15, -0.1) is 0 Å². The van der Waals surface area contributed by atoms with E-state index in [4.69, 9.17) is 28.9 Å². The Kier molecular flexibility index (Phi) is 3.83. The molecular formula is C13H10Cl2N2O2. The summed E-state index contributed by atoms with van der Waals surface area (Å²) in [5.74, 6) is -0.553. The fraction of sp³-hybridized carbons (Fsp3) is 0. The Bertz CT molecular complexity index is 624. The molecule has 0 saturated heterocycles. The molecule has 0 saturated carbocycles. The number of hydrogen-bond acceptors (Lipinski definition) is 3. The zero-order chi connectivity index (χ0) is 14.0. The number of anilines is 2. The van der Waals surface area contributed by atoms with E-state index in [2.05, 4.69) is 5.32 Å². The lowest BCUT2D eigenvalue weighted by atomic mass is 10.2. The minimum Gasteiger partial charge on any atom is -0.508 e. The van der Waals surface area contributed by atoms with Crippen molar-refractivity contribution in [2.75, 3.05) is 11.1 Å². The zero-order valence-electron chi connectivity index (χ0n) is 9.65. The zero-order valence-corrected chi connectivity index (χ0v) is 11.2. The predicted octanol–water partition coefficient (Wildman–Crippen LogP) is 3.53. The Balaban J connectivity index is 2.34. The maximum Gasteiger partial charge on any atom is 0.257 e. The molecular weight excluding hydrogens is 287 g/mol. The average molecular weight is 297 g/mol. The Morgan fingerprint density at radius 3 is 2.58 bits per heavy atom. The number of amides is 1. The van der Waals surface area contributed by atoms with Gasteiger partial charge in [0.05, 0.1) is 27.0 Å². The first kappa shape index (κ1) is 13.5. The van der Waals surface area contributed by atoms with Crippen molar-refractivity contribution in [2.45, 2.75) is 0 Å². The molecule has 0 radical (unpaired) electrons. The van der Waals surface area contributed by atoms with Crippen LogP contribution in [0.3, 0.4) is 0 Å². The van der Waals surface area contributed by atoms with Gasteiger partial charge in [-0.1, -0.05) is 29.3 Å². The first-order valence-electron chi connectivity index (χ1n) is 5.33. The fourth-order valence-corrected chi connectivity index (χ4v) is 1.97. The van der Waals surface area contributed by atoms with Crippen LogP contribution in [0.5, 0.6) is 5.75 Å². The van der Waals surface area contributed by atoms with E-state index in [-0.39, 0.29) is 16.3 Å². The van der Waals surface area contributed by atoms with Gasteiger partial charge in [-0.3, -0.25) is 4.79 Å². The third-order valence-corrected chi connectivity index (χ3v) is 3.12. The second-order valence-electron chi connectivity index (χ2n) is 3.82. The van der Waals surface area contributed by atoms with Crippen LogP contribution in [0.15, 0.2) is 36.4 Å². The van der Waals surface area contributed by atoms with E-state index in [1.165, 1.54) is 18.2 Å². The summed E-state index contributed by atoms with van der Waals surface area (Å²) in [6.45, 7) is 0. The third-order valence-electron chi connectivity index (χ3n) is 2.48. The number of hydrogen-bond donors (Lipinski definition) is 3. The van der Waals surface area contributed by atoms with Crippen molar-refractivity contribution in [2.24, 2.45) is 0 Å². The van der Waals surface area contributed by atoms with Crippen LogP contribution < -0.4 is 11.1 Å². The van der Waals surface area contributed by atoms with Crippen molar-refractivity contribution >= 4 is 40.5 Å². The monoisotopic (exact) mass is 296 g/mol. The molecule has 19 heavy (non-hydrogen) atoms. The van der Waals surface area contributed by atoms with Crippen LogP contribution >= 0.6 is 23.2 Å². The van der Waals surface area contributed by atoms with Gasteiger partial charge in [0.2, 0.25) is 0 Å². The topological polar surface area (TPSA) is 75.3 Å². The molecule has 4 nitrogen and oxygen atoms in total. The number of aromatic hydroxyl groups is 1. The van der Waals surface area contributed by atoms with Crippen LogP contribution in [0.1, 0.15) is 10.4 Å². The molecule has 6 heteroatoms. The number of carbonyl (C=O) groups excluding carboxylic acids is 1. The van der Waals surface area contributed by atoms with Gasteiger partial charge in [0.1, 0.15) is 5.75 Å². The second-order valence-corrected chi connectivity index (χ2v) is 4.64. The molecule has 98 valence electrons. The maximum atomic E-state index is 12.1. The maximum absolute atomic E-state index is 12.1. The molecule has 2 aromatic carbocycles. The van der Waals surface area contributed by atoms with Gasteiger partial charge >= 0.3 is 0 Å². The molecule has 1 amide bonds. The van der Waals surface area contributed by atoms with Crippen molar-refractivity contribution in [1.82, 2.24) is 0 Å². The van der Waals surface area contributed by atoms with Crippen molar-refractivity contribution in [3.8, 4) is 5.75 Å². The predicted molar refractivity (Wildman–Crippen MR) is 76.9 cm³/mol. The Morgan fingerprint density at radius 1 is 1.16 bits per heavy atom. The normalized spacial score (nSPS) is 10.2. The second kappa shape index (κ2) is 5.38. The third kappa shape index (κ3) is 2.92. The van der Waals surface area contributed by atoms with Gasteiger partial charge in [0.15, 0.2) is 0 Å². The Morgan fingerprint density at radius 2 is 1.89 bits per heavy atom. The molecule has 2 rings (SSSR count). The molecule has 0 atom stereocenters. The highest BCUT2D eigenvalue weighted by Gasteiger charge is 2.14. The lowest BCUT2D eigenvalue weighted by molar-refractivity contribution is 0.102. The van der Waals surface area contributed by atoms with Crippen LogP contribution in [-0.4, -0.2) is 11.0 Å². The lowest BCUT2D eigenvalue weighted by Crippen LogP contribution is -2.14. The lowest BCUT2D eigenvalue weighted by Gasteiger charge is -2.11. The van der Waals surface area contributed by atoms with Gasteiger partial charge in [0.25, 0.3) is 5.91 Å². The molecule has 2 aromatic rings. The Labute approximate surface area is 119 Å². The summed E-state index contributed by atoms with van der Waals surface area (Å²) >= 11 is 11.9. The summed E-state index contributed by atoms with van der Waals surface area (Å²) < 4.78 is 0. The number of halogens is 2. The molecule has 0 bridgehead atoms. The highest BCUT2D eigenvalue weighted by molar-refractivity contribution is 6.36. The molecule has 0 aliphatic rings. The summed E-state index contributed by atoms with van der Waals surface area (Å²) in [6.07, 6.45) is 0. The number of carbonyl (C=O) groups is 1. The number of phenols is 1. The van der Waals surface area contributed by atoms with Crippen LogP contribution in [0.2, 0.25) is 10.0 Å². The molecule has 0 aliphatic carbocycles. The number of phenolic OH excluding ortho intramolecular Hbond substituents is 1. The van der Waals surface area contributed by atoms with Crippen molar-refractivity contribution in [3.05, 3.63) is 52.0 Å². The number of nitrogens with one attached hydrogen (secondary N) is 1. The molecule has 0 aliphatic heterocycles. The first-order chi connectivity index (χ1) is 8.99. The van der Waals surface area contributed by atoms with E-state index >= 15 is 0 Å². The van der Waals surface area contributed by atoms with Gasteiger partial charge in [0, 0.05) is 0 Å². The van der Waals surface area contributed by atoms with Gasteiger partial charge in [-0.25, -0.2) is 0 Å². The fourth-order valence-electron chi connectivity index (χ4n) is 1.54. The standard InChI is InChI=1S/C13H10Cl2N2O2/c14-9-5-4-7(18)6-8(9)13(19)17-12-10(15)2-1-3-11(12)16/h1-6,18H,16H2,(H,17,19). The van der Waals surface area contributed by atoms with E-state index in [0.29, 0.717) is 16.4 Å². The summed E-state index contributed by atoms with van der Waals surface area (Å²) in [6, 6.07) is 8.99. The van der Waals surface area contributed by atoms with E-state index < -0.39 is 5.91 Å². The average Bonchev–Trinajstić information content (AvgIpc) is 2.37. The number of nitrogen functional groups attached to an aromatic ring is 1. The number of para-hydroxylation sites is 1. The van der Waals surface area contributed by atoms with Crippen LogP contribution in [-0.2, 0) is 0 Å². The van der Waals surface area contributed by atoms with Crippen LogP contribution in [0.4, 0.5) is 11.4 Å². The van der Waals surface area contributed by atoms with Gasteiger partial charge in [-0.2, -0.15) is 0 Å². The Hall–Kier alpha value is -1.91. The summed E-state index contributed by atoms with van der Waals surface area (Å²) in [7, 11) is 0. The minimum absolute atomic E-state index is 0.0540. The molecule has 0 spiro atoms. The highest BCUT2D eigenvalue weighted by Crippen LogP contribution is 2.29. The van der Waals surface area contributed by atoms with E-state index in [1.54, 1.807) is 18.2 Å². The molecule has 4 N–H and O–H groups in total. The van der Waals surface area contributed by atoms with Crippen molar-refractivity contribution in [1.29, 1.82) is 0 Å². The smallest absolute Gasteiger partial charge is 0.257 e.